The van der Waals surface area contributed by atoms with Gasteiger partial charge >= 0.3 is 0 Å². The number of aryl methyl sites for hydroxylation is 1. The highest BCUT2D eigenvalue weighted by atomic mass is 16.3. The number of phenols is 2. The first-order valence-corrected chi connectivity index (χ1v) is 9.69. The molecule has 1 aliphatic rings. The van der Waals surface area contributed by atoms with E-state index in [1.807, 2.05) is 24.3 Å². The van der Waals surface area contributed by atoms with E-state index in [4.69, 9.17) is 0 Å². The number of hydrogen-bond donors (Lipinski definition) is 2. The quantitative estimate of drug-likeness (QED) is 0.562. The van der Waals surface area contributed by atoms with E-state index in [2.05, 4.69) is 25.1 Å². The highest BCUT2D eigenvalue weighted by molar-refractivity contribution is 5.78. The molecule has 0 spiro atoms. The minimum Gasteiger partial charge on any atom is -0.508 e. The summed E-state index contributed by atoms with van der Waals surface area (Å²) in [5.74, 6) is 0.721. The van der Waals surface area contributed by atoms with Crippen LogP contribution >= 0.6 is 0 Å². The normalized spacial score (nSPS) is 14.0. The van der Waals surface area contributed by atoms with Crippen LogP contribution in [0.2, 0.25) is 0 Å². The third-order valence-electron chi connectivity index (χ3n) is 5.14. The van der Waals surface area contributed by atoms with E-state index in [0.717, 1.165) is 31.2 Å². The summed E-state index contributed by atoms with van der Waals surface area (Å²) in [6, 6.07) is 13.4. The minimum absolute atomic E-state index is 0.303. The van der Waals surface area contributed by atoms with E-state index in [1.165, 1.54) is 41.5 Å². The fourth-order valence-electron chi connectivity index (χ4n) is 3.52. The molecule has 136 valence electrons. The third-order valence-corrected chi connectivity index (χ3v) is 5.14. The van der Waals surface area contributed by atoms with Crippen LogP contribution in [-0.4, -0.2) is 10.2 Å². The van der Waals surface area contributed by atoms with Crippen LogP contribution in [0.1, 0.15) is 62.1 Å². The summed E-state index contributed by atoms with van der Waals surface area (Å²) >= 11 is 0. The van der Waals surface area contributed by atoms with Crippen LogP contribution in [0.3, 0.4) is 0 Å². The molecule has 0 unspecified atom stereocenters. The summed E-state index contributed by atoms with van der Waals surface area (Å²) in [6.07, 6.45) is 12.1. The van der Waals surface area contributed by atoms with E-state index in [0.29, 0.717) is 11.5 Å². The van der Waals surface area contributed by atoms with Gasteiger partial charge in [0.15, 0.2) is 0 Å². The largest absolute Gasteiger partial charge is 0.508 e. The summed E-state index contributed by atoms with van der Waals surface area (Å²) in [5, 5.41) is 19.6. The second-order valence-corrected chi connectivity index (χ2v) is 7.08. The van der Waals surface area contributed by atoms with Crippen LogP contribution in [0.5, 0.6) is 11.5 Å². The van der Waals surface area contributed by atoms with Gasteiger partial charge in [0.2, 0.25) is 0 Å². The summed E-state index contributed by atoms with van der Waals surface area (Å²) in [7, 11) is 0. The first kappa shape index (κ1) is 18.3. The molecule has 2 aromatic rings. The molecule has 1 aliphatic carbocycles. The molecule has 0 aliphatic heterocycles. The number of benzene rings is 2. The van der Waals surface area contributed by atoms with Crippen molar-refractivity contribution in [2.75, 3.05) is 0 Å². The van der Waals surface area contributed by atoms with Gasteiger partial charge in [0.1, 0.15) is 11.5 Å². The predicted octanol–water partition coefficient (Wildman–Crippen LogP) is 6.48. The van der Waals surface area contributed by atoms with Crippen molar-refractivity contribution in [1.29, 1.82) is 0 Å². The first-order valence-electron chi connectivity index (χ1n) is 9.69. The Labute approximate surface area is 156 Å². The van der Waals surface area contributed by atoms with E-state index < -0.39 is 0 Å². The Morgan fingerprint density at radius 3 is 2.08 bits per heavy atom. The average molecular weight is 348 g/mol. The second-order valence-electron chi connectivity index (χ2n) is 7.08. The fourth-order valence-corrected chi connectivity index (χ4v) is 3.52. The van der Waals surface area contributed by atoms with Crippen LogP contribution in [-0.2, 0) is 6.42 Å². The molecular weight excluding hydrogens is 320 g/mol. The van der Waals surface area contributed by atoms with Gasteiger partial charge in [-0.2, -0.15) is 0 Å². The van der Waals surface area contributed by atoms with Crippen molar-refractivity contribution in [1.82, 2.24) is 0 Å². The van der Waals surface area contributed by atoms with Gasteiger partial charge in [-0.05, 0) is 77.8 Å². The Morgan fingerprint density at radius 1 is 0.769 bits per heavy atom. The zero-order chi connectivity index (χ0) is 18.4. The zero-order valence-electron chi connectivity index (χ0n) is 15.5. The standard InChI is InChI=1S/C24H28O2/c1-2-3-4-5-6-22-17-21(13-16-24(22)26)20-9-7-18(8-10-20)19-11-14-23(25)15-12-19/h7,9,11-17,25-26H,2-6,8,10H2,1H3. The van der Waals surface area contributed by atoms with Crippen LogP contribution in [0.25, 0.3) is 11.1 Å². The number of allylic oxidation sites excluding steroid dienone is 4. The van der Waals surface area contributed by atoms with Gasteiger partial charge in [0.05, 0.1) is 0 Å². The van der Waals surface area contributed by atoms with Crippen molar-refractivity contribution in [3.8, 4) is 11.5 Å². The van der Waals surface area contributed by atoms with E-state index in [9.17, 15) is 10.2 Å². The van der Waals surface area contributed by atoms with Crippen molar-refractivity contribution in [2.45, 2.75) is 51.9 Å². The molecule has 26 heavy (non-hydrogen) atoms. The SMILES string of the molecule is CCCCCCc1cc(C2=CC=C(c3ccc(O)cc3)CC2)ccc1O. The Balaban J connectivity index is 1.74. The molecule has 3 rings (SSSR count). The van der Waals surface area contributed by atoms with Gasteiger partial charge in [0.25, 0.3) is 0 Å². The Bertz CT molecular complexity index is 797. The minimum atomic E-state index is 0.303. The third kappa shape index (κ3) is 4.57. The maximum atomic E-state index is 10.2. The summed E-state index contributed by atoms with van der Waals surface area (Å²) in [5.41, 5.74) is 6.07. The van der Waals surface area contributed by atoms with E-state index in [-0.39, 0.29) is 0 Å². The number of aromatic hydroxyl groups is 2. The van der Waals surface area contributed by atoms with E-state index >= 15 is 0 Å². The van der Waals surface area contributed by atoms with Gasteiger partial charge in [-0.3, -0.25) is 0 Å². The van der Waals surface area contributed by atoms with Gasteiger partial charge in [-0.25, -0.2) is 0 Å². The summed E-state index contributed by atoms with van der Waals surface area (Å²) in [6.45, 7) is 2.22. The predicted molar refractivity (Wildman–Crippen MR) is 109 cm³/mol. The molecule has 2 aromatic carbocycles. The lowest BCUT2D eigenvalue weighted by molar-refractivity contribution is 0.466. The highest BCUT2D eigenvalue weighted by Gasteiger charge is 2.12. The number of rotatable bonds is 7. The summed E-state index contributed by atoms with van der Waals surface area (Å²) < 4.78 is 0. The summed E-state index contributed by atoms with van der Waals surface area (Å²) in [4.78, 5) is 0. The van der Waals surface area contributed by atoms with Gasteiger partial charge in [-0.1, -0.05) is 56.5 Å². The average Bonchev–Trinajstić information content (AvgIpc) is 2.67. The number of phenolic OH excluding ortho intramolecular Hbond substituents is 2. The monoisotopic (exact) mass is 348 g/mol. The van der Waals surface area contributed by atoms with Crippen LogP contribution < -0.4 is 0 Å². The number of unbranched alkanes of at least 4 members (excludes halogenated alkanes) is 3. The molecule has 0 amide bonds. The lowest BCUT2D eigenvalue weighted by Crippen LogP contribution is -1.95. The molecule has 0 heterocycles. The lowest BCUT2D eigenvalue weighted by Gasteiger charge is -2.16. The molecule has 0 atom stereocenters. The maximum absolute atomic E-state index is 10.2. The maximum Gasteiger partial charge on any atom is 0.118 e. The van der Waals surface area contributed by atoms with Crippen molar-refractivity contribution in [3.05, 3.63) is 71.3 Å². The van der Waals surface area contributed by atoms with Gasteiger partial charge in [-0.15, -0.1) is 0 Å². The van der Waals surface area contributed by atoms with Crippen LogP contribution in [0, 0.1) is 0 Å². The van der Waals surface area contributed by atoms with Gasteiger partial charge in [0, 0.05) is 0 Å². The van der Waals surface area contributed by atoms with Crippen LogP contribution in [0.4, 0.5) is 0 Å². The smallest absolute Gasteiger partial charge is 0.118 e. The lowest BCUT2D eigenvalue weighted by atomic mass is 9.89. The van der Waals surface area contributed by atoms with Gasteiger partial charge < -0.3 is 10.2 Å². The Kier molecular flexibility index (Phi) is 6.17. The van der Waals surface area contributed by atoms with Crippen molar-refractivity contribution >= 4 is 11.1 Å². The zero-order valence-corrected chi connectivity index (χ0v) is 15.5. The molecule has 0 saturated heterocycles. The van der Waals surface area contributed by atoms with E-state index in [1.54, 1.807) is 12.1 Å². The Morgan fingerprint density at radius 2 is 1.42 bits per heavy atom. The number of hydrogen-bond acceptors (Lipinski definition) is 2. The van der Waals surface area contributed by atoms with Crippen molar-refractivity contribution in [3.63, 3.8) is 0 Å². The van der Waals surface area contributed by atoms with Crippen molar-refractivity contribution < 1.29 is 10.2 Å². The fraction of sp³-hybridized carbons (Fsp3) is 0.333. The Hall–Kier alpha value is -2.48. The first-order chi connectivity index (χ1) is 12.7. The van der Waals surface area contributed by atoms with Crippen molar-refractivity contribution in [2.24, 2.45) is 0 Å². The molecule has 2 N–H and O–H groups in total. The molecule has 2 nitrogen and oxygen atoms in total. The molecule has 0 bridgehead atoms. The molecule has 0 saturated carbocycles. The molecule has 0 radical (unpaired) electrons. The molecular formula is C24H28O2. The highest BCUT2D eigenvalue weighted by Crippen LogP contribution is 2.34. The van der Waals surface area contributed by atoms with Crippen LogP contribution in [0.15, 0.2) is 54.6 Å². The second kappa shape index (κ2) is 8.75. The molecule has 0 fully saturated rings. The molecule has 2 heteroatoms. The molecule has 0 aromatic heterocycles. The topological polar surface area (TPSA) is 40.5 Å².